The first-order chi connectivity index (χ1) is 13.5. The number of methoxy groups -OCH3 is 2. The highest BCUT2D eigenvalue weighted by molar-refractivity contribution is 6.30. The number of nitrogens with zero attached hydrogens (tertiary/aromatic N) is 2. The van der Waals surface area contributed by atoms with E-state index >= 15 is 0 Å². The number of benzene rings is 2. The highest BCUT2D eigenvalue weighted by atomic mass is 35.5. The van der Waals surface area contributed by atoms with E-state index in [1.165, 1.54) is 0 Å². The Morgan fingerprint density at radius 1 is 1.14 bits per heavy atom. The third-order valence-electron chi connectivity index (χ3n) is 4.99. The number of halogens is 1. The second-order valence-electron chi connectivity index (χ2n) is 6.64. The van der Waals surface area contributed by atoms with Gasteiger partial charge < -0.3 is 14.8 Å². The molecule has 2 heterocycles. The molecule has 1 aliphatic rings. The molecule has 2 aromatic carbocycles. The fourth-order valence-corrected chi connectivity index (χ4v) is 4.10. The Morgan fingerprint density at radius 2 is 1.82 bits per heavy atom. The summed E-state index contributed by atoms with van der Waals surface area (Å²) in [4.78, 5) is 12.4. The molecule has 28 heavy (non-hydrogen) atoms. The molecule has 4 rings (SSSR count). The minimum atomic E-state index is -0.228. The summed E-state index contributed by atoms with van der Waals surface area (Å²) in [5, 5.41) is 8.05. The number of carbonyl (C=O) groups excluding carboxylic acids is 1. The van der Waals surface area contributed by atoms with Crippen LogP contribution in [0.25, 0.3) is 5.69 Å². The summed E-state index contributed by atoms with van der Waals surface area (Å²) in [7, 11) is 3.16. The first-order valence-corrected chi connectivity index (χ1v) is 9.27. The molecule has 7 heteroatoms. The zero-order valence-electron chi connectivity index (χ0n) is 15.8. The van der Waals surface area contributed by atoms with Crippen LogP contribution in [-0.4, -0.2) is 29.9 Å². The van der Waals surface area contributed by atoms with Gasteiger partial charge >= 0.3 is 0 Å². The van der Waals surface area contributed by atoms with Gasteiger partial charge in [-0.05, 0) is 30.7 Å². The average Bonchev–Trinajstić information content (AvgIpc) is 3.01. The van der Waals surface area contributed by atoms with Gasteiger partial charge in [-0.25, -0.2) is 4.68 Å². The zero-order chi connectivity index (χ0) is 19.8. The number of aromatic nitrogens is 2. The number of amides is 1. The minimum absolute atomic E-state index is 0.0763. The number of para-hydroxylation sites is 1. The number of hydrogen-bond donors (Lipinski definition) is 1. The fraction of sp³-hybridized carbons (Fsp3) is 0.238. The van der Waals surface area contributed by atoms with Crippen molar-refractivity contribution in [2.75, 3.05) is 19.5 Å². The van der Waals surface area contributed by atoms with E-state index < -0.39 is 0 Å². The van der Waals surface area contributed by atoms with Crippen LogP contribution in [-0.2, 0) is 4.79 Å². The lowest BCUT2D eigenvalue weighted by Gasteiger charge is -2.27. The number of hydrogen-bond acceptors (Lipinski definition) is 4. The molecule has 0 saturated carbocycles. The second-order valence-corrected chi connectivity index (χ2v) is 6.99. The number of fused-ring (bicyclic) bond motifs is 1. The van der Waals surface area contributed by atoms with Crippen molar-refractivity contribution in [3.8, 4) is 17.2 Å². The SMILES string of the molecule is COc1cc2c(cc1OC)C(c1c(C)nn(-c3ccccc3)c1Cl)CC(=O)N2. The van der Waals surface area contributed by atoms with E-state index in [0.717, 1.165) is 22.5 Å². The molecule has 1 N–H and O–H groups in total. The zero-order valence-corrected chi connectivity index (χ0v) is 16.6. The molecule has 0 aliphatic carbocycles. The Balaban J connectivity index is 1.87. The molecule has 1 amide bonds. The van der Waals surface area contributed by atoms with Crippen LogP contribution >= 0.6 is 11.6 Å². The van der Waals surface area contributed by atoms with Crippen LogP contribution in [0.15, 0.2) is 42.5 Å². The van der Waals surface area contributed by atoms with Crippen LogP contribution in [0.4, 0.5) is 5.69 Å². The van der Waals surface area contributed by atoms with Crippen molar-refractivity contribution in [1.82, 2.24) is 9.78 Å². The van der Waals surface area contributed by atoms with Crippen molar-refractivity contribution in [3.05, 3.63) is 64.4 Å². The lowest BCUT2D eigenvalue weighted by atomic mass is 9.84. The van der Waals surface area contributed by atoms with Crippen molar-refractivity contribution < 1.29 is 14.3 Å². The van der Waals surface area contributed by atoms with Gasteiger partial charge in [-0.3, -0.25) is 4.79 Å². The monoisotopic (exact) mass is 397 g/mol. The Kier molecular flexibility index (Phi) is 4.73. The van der Waals surface area contributed by atoms with Crippen LogP contribution in [0.1, 0.15) is 29.2 Å². The Hall–Kier alpha value is -2.99. The number of carbonyl (C=O) groups is 1. The van der Waals surface area contributed by atoms with Crippen LogP contribution in [0.3, 0.4) is 0 Å². The van der Waals surface area contributed by atoms with Gasteiger partial charge in [0.25, 0.3) is 0 Å². The summed E-state index contributed by atoms with van der Waals surface area (Å²) in [5.41, 5.74) is 4.12. The van der Waals surface area contributed by atoms with Crippen molar-refractivity contribution in [2.24, 2.45) is 0 Å². The molecule has 3 aromatic rings. The standard InChI is InChI=1S/C21H20ClN3O3/c1-12-20(21(22)25(24-12)13-7-5-4-6-8-13)15-10-19(26)23-16-11-18(28-3)17(27-2)9-14(15)16/h4-9,11,15H,10H2,1-3H3,(H,23,26). The quantitative estimate of drug-likeness (QED) is 0.711. The maximum absolute atomic E-state index is 12.4. The minimum Gasteiger partial charge on any atom is -0.493 e. The molecule has 0 radical (unpaired) electrons. The van der Waals surface area contributed by atoms with Gasteiger partial charge in [0.05, 0.1) is 25.6 Å². The third kappa shape index (κ3) is 2.99. The van der Waals surface area contributed by atoms with E-state index in [9.17, 15) is 4.79 Å². The number of nitrogens with one attached hydrogen (secondary N) is 1. The molecule has 1 aliphatic heterocycles. The largest absolute Gasteiger partial charge is 0.493 e. The van der Waals surface area contributed by atoms with Crippen molar-refractivity contribution >= 4 is 23.2 Å². The van der Waals surface area contributed by atoms with Crippen LogP contribution < -0.4 is 14.8 Å². The summed E-state index contributed by atoms with van der Waals surface area (Å²) in [6.45, 7) is 1.91. The number of rotatable bonds is 4. The van der Waals surface area contributed by atoms with Crippen LogP contribution in [0, 0.1) is 6.92 Å². The predicted octanol–water partition coefficient (Wildman–Crippen LogP) is 4.33. The average molecular weight is 398 g/mol. The topological polar surface area (TPSA) is 65.4 Å². The van der Waals surface area contributed by atoms with Crippen LogP contribution in [0.2, 0.25) is 5.15 Å². The number of anilines is 1. The molecular formula is C21H20ClN3O3. The molecule has 1 unspecified atom stereocenters. The fourth-order valence-electron chi connectivity index (χ4n) is 3.69. The van der Waals surface area contributed by atoms with Crippen molar-refractivity contribution in [1.29, 1.82) is 0 Å². The van der Waals surface area contributed by atoms with Gasteiger partial charge in [-0.15, -0.1) is 0 Å². The summed E-state index contributed by atoms with van der Waals surface area (Å²) < 4.78 is 12.5. The molecular weight excluding hydrogens is 378 g/mol. The number of aryl methyl sites for hydroxylation is 1. The van der Waals surface area contributed by atoms with E-state index in [2.05, 4.69) is 10.4 Å². The maximum Gasteiger partial charge on any atom is 0.225 e. The van der Waals surface area contributed by atoms with Gasteiger partial charge in [0.2, 0.25) is 5.91 Å². The van der Waals surface area contributed by atoms with Crippen LogP contribution in [0.5, 0.6) is 11.5 Å². The second kappa shape index (κ2) is 7.20. The third-order valence-corrected chi connectivity index (χ3v) is 5.36. The molecule has 144 valence electrons. The summed E-state index contributed by atoms with van der Waals surface area (Å²) in [6, 6.07) is 13.4. The Morgan fingerprint density at radius 3 is 2.50 bits per heavy atom. The lowest BCUT2D eigenvalue weighted by molar-refractivity contribution is -0.116. The molecule has 6 nitrogen and oxygen atoms in total. The molecule has 0 fully saturated rings. The van der Waals surface area contributed by atoms with E-state index in [-0.39, 0.29) is 18.2 Å². The van der Waals surface area contributed by atoms with Crippen molar-refractivity contribution in [2.45, 2.75) is 19.3 Å². The molecule has 0 saturated heterocycles. The first-order valence-electron chi connectivity index (χ1n) is 8.89. The first kappa shape index (κ1) is 18.4. The highest BCUT2D eigenvalue weighted by Gasteiger charge is 2.33. The molecule has 1 atom stereocenters. The smallest absolute Gasteiger partial charge is 0.225 e. The molecule has 0 bridgehead atoms. The lowest BCUT2D eigenvalue weighted by Crippen LogP contribution is -2.24. The van der Waals surface area contributed by atoms with Gasteiger partial charge in [-0.1, -0.05) is 29.8 Å². The maximum atomic E-state index is 12.4. The van der Waals surface area contributed by atoms with Gasteiger partial charge in [0.15, 0.2) is 11.5 Å². The molecule has 1 aromatic heterocycles. The summed E-state index contributed by atoms with van der Waals surface area (Å²) >= 11 is 6.76. The number of ether oxygens (including phenoxy) is 2. The van der Waals surface area contributed by atoms with Gasteiger partial charge in [-0.2, -0.15) is 5.10 Å². The summed E-state index contributed by atoms with van der Waals surface area (Å²) in [5.74, 6) is 0.859. The van der Waals surface area contributed by atoms with E-state index in [0.29, 0.717) is 22.3 Å². The van der Waals surface area contributed by atoms with E-state index in [1.54, 1.807) is 25.0 Å². The highest BCUT2D eigenvalue weighted by Crippen LogP contribution is 2.45. The van der Waals surface area contributed by atoms with Gasteiger partial charge in [0.1, 0.15) is 5.15 Å². The van der Waals surface area contributed by atoms with Gasteiger partial charge in [0, 0.05) is 29.7 Å². The van der Waals surface area contributed by atoms with E-state index in [4.69, 9.17) is 21.1 Å². The van der Waals surface area contributed by atoms with Crippen molar-refractivity contribution in [3.63, 3.8) is 0 Å². The normalized spacial score (nSPS) is 15.7. The Bertz CT molecular complexity index is 1050. The molecule has 0 spiro atoms. The van der Waals surface area contributed by atoms with E-state index in [1.807, 2.05) is 43.3 Å². The Labute approximate surface area is 168 Å². The summed E-state index contributed by atoms with van der Waals surface area (Å²) in [6.07, 6.45) is 0.281. The predicted molar refractivity (Wildman–Crippen MR) is 108 cm³/mol.